The van der Waals surface area contributed by atoms with Crippen LogP contribution in [0.5, 0.6) is 0 Å². The van der Waals surface area contributed by atoms with Crippen LogP contribution in [-0.4, -0.2) is 24.4 Å². The summed E-state index contributed by atoms with van der Waals surface area (Å²) < 4.78 is 27.3. The van der Waals surface area contributed by atoms with Crippen LogP contribution in [0.15, 0.2) is 4.42 Å². The van der Waals surface area contributed by atoms with E-state index in [0.717, 1.165) is 12.8 Å². The third kappa shape index (κ3) is 10.1. The topological polar surface area (TPSA) is 74.5 Å². The zero-order chi connectivity index (χ0) is 18.4. The molecule has 1 aromatic heterocycles. The lowest BCUT2D eigenvalue weighted by atomic mass is 10.1. The van der Waals surface area contributed by atoms with E-state index in [1.165, 1.54) is 78.4 Å². The summed E-state index contributed by atoms with van der Waals surface area (Å²) in [5.74, 6) is 0.912. The third-order valence-corrected chi connectivity index (χ3v) is 6.16. The number of hydrogen-bond acceptors (Lipinski definition) is 6. The molecular weight excluding hydrogens is 339 g/mol. The first-order chi connectivity index (χ1) is 12.1. The van der Waals surface area contributed by atoms with Gasteiger partial charge in [-0.3, -0.25) is 4.57 Å². The summed E-state index contributed by atoms with van der Waals surface area (Å²) in [6.07, 6.45) is 15.2. The van der Waals surface area contributed by atoms with Gasteiger partial charge < -0.3 is 13.5 Å². The van der Waals surface area contributed by atoms with Crippen LogP contribution in [0.3, 0.4) is 0 Å². The van der Waals surface area contributed by atoms with Crippen LogP contribution in [0.1, 0.15) is 89.3 Å². The van der Waals surface area contributed by atoms with Gasteiger partial charge in [-0.25, -0.2) is 0 Å². The molecule has 0 saturated carbocycles. The molecule has 6 nitrogen and oxygen atoms in total. The molecule has 0 aliphatic carbocycles. The van der Waals surface area contributed by atoms with Gasteiger partial charge in [-0.05, 0) is 6.42 Å². The van der Waals surface area contributed by atoms with Crippen LogP contribution in [0, 0.1) is 0 Å². The predicted molar refractivity (Wildman–Crippen MR) is 99.8 cm³/mol. The molecule has 0 fully saturated rings. The van der Waals surface area contributed by atoms with Gasteiger partial charge >= 0.3 is 7.60 Å². The van der Waals surface area contributed by atoms with Gasteiger partial charge in [0.25, 0.3) is 0 Å². The van der Waals surface area contributed by atoms with E-state index in [-0.39, 0.29) is 6.16 Å². The standard InChI is InChI=1S/C18H35N2O4P/c1-4-5-6-7-8-9-10-11-12-13-14-15-17-19-20-18(24-17)16-25(21,22-2)23-3/h4-16H2,1-3H3. The molecule has 7 heteroatoms. The normalized spacial score (nSPS) is 12.0. The van der Waals surface area contributed by atoms with Crippen molar-refractivity contribution < 1.29 is 18.0 Å². The van der Waals surface area contributed by atoms with Crippen LogP contribution >= 0.6 is 7.60 Å². The number of nitrogens with zero attached hydrogens (tertiary/aromatic N) is 2. The summed E-state index contributed by atoms with van der Waals surface area (Å²) >= 11 is 0. The molecule has 0 amide bonds. The molecule has 1 heterocycles. The Balaban J connectivity index is 2.05. The van der Waals surface area contributed by atoms with E-state index >= 15 is 0 Å². The van der Waals surface area contributed by atoms with Crippen molar-refractivity contribution in [3.8, 4) is 0 Å². The SMILES string of the molecule is CCCCCCCCCCCCCc1nnc(CP(=O)(OC)OC)o1. The molecule has 0 saturated heterocycles. The minimum Gasteiger partial charge on any atom is -0.425 e. The first-order valence-corrected chi connectivity index (χ1v) is 11.4. The summed E-state index contributed by atoms with van der Waals surface area (Å²) in [5.41, 5.74) is 0. The fraction of sp³-hybridized carbons (Fsp3) is 0.889. The largest absolute Gasteiger partial charge is 0.425 e. The Hall–Kier alpha value is -0.710. The molecule has 0 aliphatic rings. The lowest BCUT2D eigenvalue weighted by Gasteiger charge is -2.10. The highest BCUT2D eigenvalue weighted by atomic mass is 31.2. The highest BCUT2D eigenvalue weighted by molar-refractivity contribution is 7.52. The first kappa shape index (κ1) is 22.3. The van der Waals surface area contributed by atoms with E-state index in [4.69, 9.17) is 13.5 Å². The number of hydrogen-bond donors (Lipinski definition) is 0. The van der Waals surface area contributed by atoms with Crippen molar-refractivity contribution in [3.63, 3.8) is 0 Å². The number of unbranched alkanes of at least 4 members (excludes halogenated alkanes) is 10. The molecule has 0 unspecified atom stereocenters. The van der Waals surface area contributed by atoms with Crippen molar-refractivity contribution in [2.75, 3.05) is 14.2 Å². The lowest BCUT2D eigenvalue weighted by Crippen LogP contribution is -1.93. The number of aromatic nitrogens is 2. The summed E-state index contributed by atoms with van der Waals surface area (Å²) in [7, 11) is -0.435. The van der Waals surface area contributed by atoms with Crippen molar-refractivity contribution in [1.82, 2.24) is 10.2 Å². The minimum atomic E-state index is -3.14. The molecule has 0 bridgehead atoms. The molecule has 0 aromatic carbocycles. The van der Waals surface area contributed by atoms with Crippen molar-refractivity contribution in [2.45, 2.75) is 90.1 Å². The van der Waals surface area contributed by atoms with Gasteiger partial charge in [-0.15, -0.1) is 10.2 Å². The predicted octanol–water partition coefficient (Wildman–Crippen LogP) is 5.91. The van der Waals surface area contributed by atoms with Gasteiger partial charge in [0, 0.05) is 20.6 Å². The average molecular weight is 374 g/mol. The van der Waals surface area contributed by atoms with Crippen molar-refractivity contribution in [1.29, 1.82) is 0 Å². The second-order valence-corrected chi connectivity index (χ2v) is 8.78. The Kier molecular flexibility index (Phi) is 12.0. The quantitative estimate of drug-likeness (QED) is 0.264. The van der Waals surface area contributed by atoms with Gasteiger partial charge in [0.05, 0.1) is 0 Å². The van der Waals surface area contributed by atoms with Gasteiger partial charge in [0.15, 0.2) is 0 Å². The molecule has 1 rings (SSSR count). The van der Waals surface area contributed by atoms with E-state index in [9.17, 15) is 4.57 Å². The fourth-order valence-electron chi connectivity index (χ4n) is 2.76. The molecular formula is C18H35N2O4P. The van der Waals surface area contributed by atoms with Crippen molar-refractivity contribution >= 4 is 7.60 Å². The van der Waals surface area contributed by atoms with Gasteiger partial charge in [-0.2, -0.15) is 0 Å². The Morgan fingerprint density at radius 3 is 1.80 bits per heavy atom. The summed E-state index contributed by atoms with van der Waals surface area (Å²) in [4.78, 5) is 0. The monoisotopic (exact) mass is 374 g/mol. The molecule has 0 spiro atoms. The third-order valence-electron chi connectivity index (χ3n) is 4.39. The summed E-state index contributed by atoms with van der Waals surface area (Å²) in [6.45, 7) is 2.26. The molecule has 0 atom stereocenters. The van der Waals surface area contributed by atoms with Crippen LogP contribution < -0.4 is 0 Å². The molecule has 25 heavy (non-hydrogen) atoms. The lowest BCUT2D eigenvalue weighted by molar-refractivity contribution is 0.271. The Morgan fingerprint density at radius 1 is 0.800 bits per heavy atom. The van der Waals surface area contributed by atoms with Gasteiger partial charge in [0.1, 0.15) is 6.16 Å². The zero-order valence-corrected chi connectivity index (χ0v) is 17.1. The second kappa shape index (κ2) is 13.5. The van der Waals surface area contributed by atoms with Crippen molar-refractivity contribution in [3.05, 3.63) is 11.8 Å². The molecule has 0 radical (unpaired) electrons. The first-order valence-electron chi connectivity index (χ1n) is 9.65. The van der Waals surface area contributed by atoms with Crippen LogP contribution in [0.2, 0.25) is 0 Å². The van der Waals surface area contributed by atoms with E-state index in [1.54, 1.807) is 0 Å². The number of aryl methyl sites for hydroxylation is 1. The maximum absolute atomic E-state index is 12.0. The fourth-order valence-corrected chi connectivity index (χ4v) is 3.63. The van der Waals surface area contributed by atoms with E-state index < -0.39 is 7.60 Å². The Labute approximate surface area is 152 Å². The van der Waals surface area contributed by atoms with Crippen molar-refractivity contribution in [2.24, 2.45) is 0 Å². The Morgan fingerprint density at radius 2 is 1.28 bits per heavy atom. The maximum Gasteiger partial charge on any atom is 0.339 e. The number of rotatable bonds is 16. The second-order valence-electron chi connectivity index (χ2n) is 6.51. The zero-order valence-electron chi connectivity index (χ0n) is 16.2. The molecule has 1 aromatic rings. The van der Waals surface area contributed by atoms with Crippen LogP contribution in [0.4, 0.5) is 0 Å². The Bertz CT molecular complexity index is 485. The highest BCUT2D eigenvalue weighted by Gasteiger charge is 2.25. The van der Waals surface area contributed by atoms with E-state index in [1.807, 2.05) is 0 Å². The van der Waals surface area contributed by atoms with Gasteiger partial charge in [-0.1, -0.05) is 71.1 Å². The maximum atomic E-state index is 12.0. The minimum absolute atomic E-state index is 0.0191. The van der Waals surface area contributed by atoms with Gasteiger partial charge in [0.2, 0.25) is 11.8 Å². The molecule has 0 aliphatic heterocycles. The smallest absolute Gasteiger partial charge is 0.339 e. The summed E-state index contributed by atoms with van der Waals surface area (Å²) in [6, 6.07) is 0. The molecule has 0 N–H and O–H groups in total. The van der Waals surface area contributed by atoms with Crippen LogP contribution in [0.25, 0.3) is 0 Å². The molecule has 146 valence electrons. The van der Waals surface area contributed by atoms with Crippen LogP contribution in [-0.2, 0) is 26.2 Å². The van der Waals surface area contributed by atoms with E-state index in [2.05, 4.69) is 17.1 Å². The highest BCUT2D eigenvalue weighted by Crippen LogP contribution is 2.49. The summed E-state index contributed by atoms with van der Waals surface area (Å²) in [5, 5.41) is 7.92. The average Bonchev–Trinajstić information content (AvgIpc) is 3.06. The van der Waals surface area contributed by atoms with E-state index in [0.29, 0.717) is 11.8 Å².